The van der Waals surface area contributed by atoms with Gasteiger partial charge in [-0.05, 0) is 24.3 Å². The van der Waals surface area contributed by atoms with Gasteiger partial charge in [0.25, 0.3) is 0 Å². The summed E-state index contributed by atoms with van der Waals surface area (Å²) in [5, 5.41) is 19.6. The number of nitrogens with zero attached hydrogens (tertiary/aromatic N) is 5. The molecule has 138 valence electrons. The monoisotopic (exact) mass is 372 g/mol. The van der Waals surface area contributed by atoms with Gasteiger partial charge in [0.15, 0.2) is 11.5 Å². The average Bonchev–Trinajstić information content (AvgIpc) is 3.27. The average molecular weight is 372 g/mol. The highest BCUT2D eigenvalue weighted by Gasteiger charge is 2.30. The predicted octanol–water partition coefficient (Wildman–Crippen LogP) is 4.32. The van der Waals surface area contributed by atoms with Crippen molar-refractivity contribution in [1.29, 1.82) is 0 Å². The topological polar surface area (TPSA) is 71.8 Å². The van der Waals surface area contributed by atoms with E-state index in [1.165, 1.54) is 6.07 Å². The highest BCUT2D eigenvalue weighted by Crippen LogP contribution is 2.34. The lowest BCUT2D eigenvalue weighted by Gasteiger charge is -2.09. The van der Waals surface area contributed by atoms with E-state index in [2.05, 4.69) is 25.5 Å². The third-order valence-corrected chi connectivity index (χ3v) is 4.20. The van der Waals surface area contributed by atoms with Gasteiger partial charge in [-0.2, -0.15) is 27.9 Å². The fourth-order valence-electron chi connectivity index (χ4n) is 2.86. The van der Waals surface area contributed by atoms with Crippen molar-refractivity contribution < 1.29 is 13.2 Å². The number of halogens is 3. The van der Waals surface area contributed by atoms with Gasteiger partial charge in [0, 0.05) is 17.0 Å². The van der Waals surface area contributed by atoms with Crippen LogP contribution >= 0.6 is 0 Å². The fourth-order valence-corrected chi connectivity index (χ4v) is 2.86. The van der Waals surface area contributed by atoms with E-state index in [1.807, 2.05) is 13.8 Å². The van der Waals surface area contributed by atoms with Gasteiger partial charge >= 0.3 is 6.18 Å². The molecule has 3 heterocycles. The summed E-state index contributed by atoms with van der Waals surface area (Å²) < 4.78 is 40.8. The lowest BCUT2D eigenvalue weighted by Crippen LogP contribution is -2.04. The first kappa shape index (κ1) is 17.2. The van der Waals surface area contributed by atoms with Crippen LogP contribution < -0.4 is 0 Å². The Morgan fingerprint density at radius 1 is 1.07 bits per heavy atom. The second kappa shape index (κ2) is 6.19. The molecule has 0 radical (unpaired) electrons. The van der Waals surface area contributed by atoms with Crippen molar-refractivity contribution in [3.8, 4) is 22.5 Å². The Bertz CT molecular complexity index is 1110. The Balaban J connectivity index is 1.83. The Kier molecular flexibility index (Phi) is 3.94. The minimum Gasteiger partial charge on any atom is -0.277 e. The van der Waals surface area contributed by atoms with Gasteiger partial charge in [-0.15, -0.1) is 10.2 Å². The lowest BCUT2D eigenvalue weighted by molar-refractivity contribution is -0.137. The number of hydrogen-bond donors (Lipinski definition) is 1. The summed E-state index contributed by atoms with van der Waals surface area (Å²) in [4.78, 5) is 0. The van der Waals surface area contributed by atoms with Crippen LogP contribution in [0.25, 0.3) is 28.2 Å². The molecular formula is C18H15F3N6. The van der Waals surface area contributed by atoms with Crippen LogP contribution in [0.4, 0.5) is 13.2 Å². The quantitative estimate of drug-likeness (QED) is 0.581. The molecule has 0 aliphatic rings. The molecule has 0 spiro atoms. The normalized spacial score (nSPS) is 12.2. The molecule has 6 nitrogen and oxygen atoms in total. The van der Waals surface area contributed by atoms with E-state index in [4.69, 9.17) is 0 Å². The fraction of sp³-hybridized carbons (Fsp3) is 0.222. The standard InChI is InChI=1S/C18H15F3N6/c1-10(2)17-25-23-15-7-6-14(26-27(15)17)13-9-22-24-16(13)11-4-3-5-12(8-11)18(19,20)21/h3-10H,1-2H3,(H,22,24). The first-order chi connectivity index (χ1) is 12.8. The van der Waals surface area contributed by atoms with Crippen molar-refractivity contribution in [3.63, 3.8) is 0 Å². The summed E-state index contributed by atoms with van der Waals surface area (Å²) in [6.07, 6.45) is -2.87. The Labute approximate surface area is 152 Å². The maximum Gasteiger partial charge on any atom is 0.416 e. The summed E-state index contributed by atoms with van der Waals surface area (Å²) in [5.74, 6) is 0.825. The summed E-state index contributed by atoms with van der Waals surface area (Å²) in [6.45, 7) is 3.97. The van der Waals surface area contributed by atoms with Gasteiger partial charge in [0.05, 0.1) is 23.1 Å². The molecule has 0 unspecified atom stereocenters. The molecule has 27 heavy (non-hydrogen) atoms. The van der Waals surface area contributed by atoms with Crippen molar-refractivity contribution in [1.82, 2.24) is 30.0 Å². The maximum absolute atomic E-state index is 13.0. The second-order valence-corrected chi connectivity index (χ2v) is 6.44. The van der Waals surface area contributed by atoms with E-state index in [0.717, 1.165) is 12.1 Å². The lowest BCUT2D eigenvalue weighted by atomic mass is 10.0. The van der Waals surface area contributed by atoms with Crippen molar-refractivity contribution in [2.24, 2.45) is 0 Å². The molecular weight excluding hydrogens is 357 g/mol. The molecule has 4 rings (SSSR count). The second-order valence-electron chi connectivity index (χ2n) is 6.44. The molecule has 9 heteroatoms. The Morgan fingerprint density at radius 2 is 1.89 bits per heavy atom. The third kappa shape index (κ3) is 3.05. The molecule has 0 bridgehead atoms. The number of H-pyrrole nitrogens is 1. The SMILES string of the molecule is CC(C)c1nnc2ccc(-c3cn[nH]c3-c3cccc(C(F)(F)F)c3)nn12. The molecule has 1 aromatic carbocycles. The molecule has 3 aromatic heterocycles. The van der Waals surface area contributed by atoms with E-state index in [9.17, 15) is 13.2 Å². The number of rotatable bonds is 3. The van der Waals surface area contributed by atoms with Crippen LogP contribution in [-0.2, 0) is 6.18 Å². The largest absolute Gasteiger partial charge is 0.416 e. The summed E-state index contributed by atoms with van der Waals surface area (Å²) in [6, 6.07) is 8.61. The van der Waals surface area contributed by atoms with E-state index >= 15 is 0 Å². The highest BCUT2D eigenvalue weighted by molar-refractivity contribution is 5.78. The van der Waals surface area contributed by atoms with Crippen molar-refractivity contribution in [2.75, 3.05) is 0 Å². The molecule has 0 aliphatic heterocycles. The first-order valence-corrected chi connectivity index (χ1v) is 8.28. The van der Waals surface area contributed by atoms with Crippen LogP contribution in [0, 0.1) is 0 Å². The van der Waals surface area contributed by atoms with Crippen LogP contribution in [0.2, 0.25) is 0 Å². The van der Waals surface area contributed by atoms with Crippen LogP contribution in [0.1, 0.15) is 31.2 Å². The predicted molar refractivity (Wildman–Crippen MR) is 92.9 cm³/mol. The summed E-state index contributed by atoms with van der Waals surface area (Å²) >= 11 is 0. The van der Waals surface area contributed by atoms with Gasteiger partial charge in [0.1, 0.15) is 0 Å². The van der Waals surface area contributed by atoms with Gasteiger partial charge in [-0.1, -0.05) is 26.0 Å². The van der Waals surface area contributed by atoms with Crippen molar-refractivity contribution in [3.05, 3.63) is 54.0 Å². The third-order valence-electron chi connectivity index (χ3n) is 4.20. The van der Waals surface area contributed by atoms with E-state index < -0.39 is 11.7 Å². The number of aromatic nitrogens is 6. The molecule has 1 N–H and O–H groups in total. The van der Waals surface area contributed by atoms with Crippen molar-refractivity contribution in [2.45, 2.75) is 25.9 Å². The van der Waals surface area contributed by atoms with E-state index in [-0.39, 0.29) is 5.92 Å². The highest BCUT2D eigenvalue weighted by atomic mass is 19.4. The zero-order chi connectivity index (χ0) is 19.2. The number of benzene rings is 1. The molecule has 4 aromatic rings. The molecule has 0 aliphatic carbocycles. The molecule has 0 saturated carbocycles. The minimum absolute atomic E-state index is 0.120. The molecule has 0 fully saturated rings. The molecule has 0 amide bonds. The zero-order valence-electron chi connectivity index (χ0n) is 14.5. The number of fused-ring (bicyclic) bond motifs is 1. The molecule has 0 atom stereocenters. The van der Waals surface area contributed by atoms with E-state index in [1.54, 1.807) is 28.9 Å². The van der Waals surface area contributed by atoms with Crippen LogP contribution in [0.5, 0.6) is 0 Å². The molecule has 0 saturated heterocycles. The first-order valence-electron chi connectivity index (χ1n) is 8.28. The zero-order valence-corrected chi connectivity index (χ0v) is 14.5. The summed E-state index contributed by atoms with van der Waals surface area (Å²) in [7, 11) is 0. The summed E-state index contributed by atoms with van der Waals surface area (Å²) in [5.41, 5.74) is 1.89. The number of aromatic amines is 1. The Hall–Kier alpha value is -3.23. The van der Waals surface area contributed by atoms with Crippen molar-refractivity contribution >= 4 is 5.65 Å². The minimum atomic E-state index is -4.41. The Morgan fingerprint density at radius 3 is 2.63 bits per heavy atom. The van der Waals surface area contributed by atoms with Crippen LogP contribution in [0.3, 0.4) is 0 Å². The smallest absolute Gasteiger partial charge is 0.277 e. The van der Waals surface area contributed by atoms with Gasteiger partial charge in [-0.3, -0.25) is 5.10 Å². The van der Waals surface area contributed by atoms with Gasteiger partial charge in [0.2, 0.25) is 0 Å². The number of hydrogen-bond acceptors (Lipinski definition) is 4. The number of nitrogens with one attached hydrogen (secondary N) is 1. The van der Waals surface area contributed by atoms with E-state index in [0.29, 0.717) is 34.0 Å². The van der Waals surface area contributed by atoms with Crippen LogP contribution in [-0.4, -0.2) is 30.0 Å². The van der Waals surface area contributed by atoms with Gasteiger partial charge in [-0.25, -0.2) is 0 Å². The number of alkyl halides is 3. The van der Waals surface area contributed by atoms with Gasteiger partial charge < -0.3 is 0 Å². The van der Waals surface area contributed by atoms with Crippen LogP contribution in [0.15, 0.2) is 42.6 Å². The maximum atomic E-state index is 13.0.